The van der Waals surface area contributed by atoms with Crippen molar-refractivity contribution < 1.29 is 6.76 Å². The van der Waals surface area contributed by atoms with Crippen molar-refractivity contribution in [3.05, 3.63) is 0 Å². The average molecular weight is 263 g/mol. The number of hydrogen-bond donors (Lipinski definition) is 0. The summed E-state index contributed by atoms with van der Waals surface area (Å²) < 4.78 is 7.07. The van der Waals surface area contributed by atoms with Gasteiger partial charge in [0.1, 0.15) is 32.5 Å². The molecule has 0 aliphatic carbocycles. The molecule has 0 aromatic carbocycles. The number of hydrogen-bond acceptors (Lipinski definition) is 2. The maximum Gasteiger partial charge on any atom is 0.115 e. The van der Waals surface area contributed by atoms with Crippen LogP contribution >= 0.6 is 56.2 Å². The summed E-state index contributed by atoms with van der Waals surface area (Å²) in [6.07, 6.45) is 0. The quantitative estimate of drug-likeness (QED) is 0.668. The van der Waals surface area contributed by atoms with Gasteiger partial charge in [0.2, 0.25) is 0 Å². The molecular weight excluding hydrogens is 263 g/mol. The summed E-state index contributed by atoms with van der Waals surface area (Å²) in [6, 6.07) is 0. The molecule has 0 radical (unpaired) electrons. The van der Waals surface area contributed by atoms with Gasteiger partial charge in [0, 0.05) is 0 Å². The third kappa shape index (κ3) is 51.0. The standard InChI is InChI=1S/Br2O.Cl2O/c2*1-3-2. The van der Waals surface area contributed by atoms with E-state index >= 15 is 0 Å². The van der Waals surface area contributed by atoms with Crippen LogP contribution in [-0.2, 0) is 6.76 Å². The predicted molar refractivity (Wildman–Crippen MR) is 31.7 cm³/mol. The largest absolute Gasteiger partial charge is 0.230 e. The van der Waals surface area contributed by atoms with Gasteiger partial charge in [-0.05, 0) is 0 Å². The van der Waals surface area contributed by atoms with E-state index in [1.165, 1.54) is 0 Å². The highest BCUT2D eigenvalue weighted by Gasteiger charge is 1.38. The molecule has 0 saturated heterocycles. The van der Waals surface area contributed by atoms with Crippen LogP contribution in [0.2, 0.25) is 0 Å². The molecule has 0 aromatic heterocycles. The van der Waals surface area contributed by atoms with E-state index in [9.17, 15) is 0 Å². The van der Waals surface area contributed by atoms with Gasteiger partial charge in [0.25, 0.3) is 0 Å². The molecule has 0 bridgehead atoms. The molecule has 0 saturated carbocycles. The van der Waals surface area contributed by atoms with E-state index in [1.807, 2.05) is 0 Å². The molecule has 0 N–H and O–H groups in total. The fourth-order valence-corrected chi connectivity index (χ4v) is 0. The lowest BCUT2D eigenvalue weighted by Gasteiger charge is -1.48. The van der Waals surface area contributed by atoms with Crippen LogP contribution in [0, 0.1) is 0 Å². The number of halogens is 4. The zero-order valence-corrected chi connectivity index (χ0v) is 7.01. The molecule has 40 valence electrons. The Balaban J connectivity index is 0. The highest BCUT2D eigenvalue weighted by molar-refractivity contribution is 9.18. The van der Waals surface area contributed by atoms with E-state index in [-0.39, 0.29) is 0 Å². The van der Waals surface area contributed by atoms with Gasteiger partial charge in [-0.1, -0.05) is 0 Å². The van der Waals surface area contributed by atoms with Crippen LogP contribution in [0.15, 0.2) is 0 Å². The highest BCUT2D eigenvalue weighted by Crippen LogP contribution is 1.88. The average Bonchev–Trinajstić information content (AvgIpc) is 1.39. The molecule has 2 nitrogen and oxygen atoms in total. The van der Waals surface area contributed by atoms with Gasteiger partial charge >= 0.3 is 0 Å². The van der Waals surface area contributed by atoms with Crippen LogP contribution in [0.1, 0.15) is 0 Å². The Morgan fingerprint density at radius 1 is 1.17 bits per heavy atom. The first-order valence-corrected chi connectivity index (χ1v) is 2.53. The Hall–Kier alpha value is 1.46. The van der Waals surface area contributed by atoms with Gasteiger partial charge in [-0.15, -0.1) is 0 Å². The predicted octanol–water partition coefficient (Wildman–Crippen LogP) is 2.93. The summed E-state index contributed by atoms with van der Waals surface area (Å²) in [6.45, 7) is 0. The fourth-order valence-electron chi connectivity index (χ4n) is 0. The smallest absolute Gasteiger partial charge is 0.115 e. The van der Waals surface area contributed by atoms with E-state index in [4.69, 9.17) is 0 Å². The second-order valence-corrected chi connectivity index (χ2v) is 2.10. The third-order valence-corrected chi connectivity index (χ3v) is 0. The molecule has 0 aliphatic heterocycles. The van der Waals surface area contributed by atoms with Crippen LogP contribution < -0.4 is 0 Å². The maximum atomic E-state index is 4.26. The first-order valence-electron chi connectivity index (χ1n) is 0.617. The van der Waals surface area contributed by atoms with E-state index in [1.54, 1.807) is 0 Å². The third-order valence-electron chi connectivity index (χ3n) is 0. The van der Waals surface area contributed by atoms with Gasteiger partial charge in [0.05, 0.1) is 23.7 Å². The summed E-state index contributed by atoms with van der Waals surface area (Å²) in [5, 5.41) is 0. The summed E-state index contributed by atoms with van der Waals surface area (Å²) in [4.78, 5) is 0. The Kier molecular flexibility index (Phi) is 28.0. The van der Waals surface area contributed by atoms with Gasteiger partial charge in [-0.2, -0.15) is 3.84 Å². The Labute approximate surface area is 62.9 Å². The van der Waals surface area contributed by atoms with Crippen molar-refractivity contribution >= 4 is 56.2 Å². The van der Waals surface area contributed by atoms with Crippen LogP contribution in [0.5, 0.6) is 0 Å². The summed E-state index contributed by atoms with van der Waals surface area (Å²) >= 11 is 13.7. The molecular formula is Br2Cl2O2. The van der Waals surface area contributed by atoms with Crippen molar-refractivity contribution in [3.8, 4) is 0 Å². The second-order valence-electron chi connectivity index (χ2n) is 0.117. The molecule has 6 heavy (non-hydrogen) atoms. The Bertz CT molecular complexity index is 11.5. The topological polar surface area (TPSA) is 18.5 Å². The minimum atomic E-state index is 2.56. The van der Waals surface area contributed by atoms with E-state index in [2.05, 4.69) is 63.0 Å². The summed E-state index contributed by atoms with van der Waals surface area (Å²) in [5.41, 5.74) is 0. The monoisotopic (exact) mass is 260 g/mol. The molecule has 0 rings (SSSR count). The van der Waals surface area contributed by atoms with Crippen molar-refractivity contribution in [1.29, 1.82) is 0 Å². The van der Waals surface area contributed by atoms with E-state index < -0.39 is 0 Å². The molecule has 0 heterocycles. The lowest BCUT2D eigenvalue weighted by molar-refractivity contribution is 0.697. The second kappa shape index (κ2) is 16.1. The molecule has 0 amide bonds. The first kappa shape index (κ1) is 10.4. The minimum absolute atomic E-state index is 2.56. The zero-order chi connectivity index (χ0) is 5.41. The Morgan fingerprint density at radius 3 is 1.17 bits per heavy atom. The SMILES string of the molecule is BrOBr.ClOCl. The van der Waals surface area contributed by atoms with E-state index in [0.29, 0.717) is 0 Å². The highest BCUT2D eigenvalue weighted by atomic mass is 79.9. The van der Waals surface area contributed by atoms with Gasteiger partial charge in [0.15, 0.2) is 0 Å². The lowest BCUT2D eigenvalue weighted by atomic mass is 15.9. The van der Waals surface area contributed by atoms with Crippen LogP contribution in [-0.4, -0.2) is 0 Å². The van der Waals surface area contributed by atoms with Gasteiger partial charge < -0.3 is 0 Å². The van der Waals surface area contributed by atoms with Crippen molar-refractivity contribution in [2.45, 2.75) is 0 Å². The molecule has 0 unspecified atom stereocenters. The van der Waals surface area contributed by atoms with Crippen LogP contribution in [0.3, 0.4) is 0 Å². The van der Waals surface area contributed by atoms with Crippen molar-refractivity contribution in [2.24, 2.45) is 0 Å². The van der Waals surface area contributed by atoms with Gasteiger partial charge in [-0.25, -0.2) is 2.92 Å². The molecule has 0 aromatic rings. The summed E-state index contributed by atoms with van der Waals surface area (Å²) in [5.74, 6) is 0. The fraction of sp³-hybridized carbons (Fsp3) is 0. The maximum absolute atomic E-state index is 4.26. The molecule has 0 spiro atoms. The van der Waals surface area contributed by atoms with Crippen molar-refractivity contribution in [2.75, 3.05) is 0 Å². The molecule has 0 aliphatic rings. The van der Waals surface area contributed by atoms with E-state index in [0.717, 1.165) is 0 Å². The Morgan fingerprint density at radius 2 is 1.17 bits per heavy atom. The molecule has 6 heteroatoms. The van der Waals surface area contributed by atoms with Crippen LogP contribution in [0.25, 0.3) is 0 Å². The molecule has 0 atom stereocenters. The van der Waals surface area contributed by atoms with Crippen molar-refractivity contribution in [1.82, 2.24) is 0 Å². The zero-order valence-electron chi connectivity index (χ0n) is 2.33. The van der Waals surface area contributed by atoms with Crippen LogP contribution in [0.4, 0.5) is 0 Å². The molecule has 0 fully saturated rings. The number of rotatable bonds is 0. The summed E-state index contributed by atoms with van der Waals surface area (Å²) in [7, 11) is 0. The normalized spacial score (nSPS) is 6.00. The lowest BCUT2D eigenvalue weighted by Crippen LogP contribution is -1.15. The van der Waals surface area contributed by atoms with Crippen molar-refractivity contribution in [3.63, 3.8) is 0 Å². The minimum Gasteiger partial charge on any atom is -0.230 e. The van der Waals surface area contributed by atoms with Gasteiger partial charge in [-0.3, -0.25) is 0 Å². The first-order chi connectivity index (χ1) is 2.83.